The fourth-order valence-electron chi connectivity index (χ4n) is 3.60. The van der Waals surface area contributed by atoms with E-state index in [9.17, 15) is 18.0 Å². The molecule has 1 aliphatic heterocycles. The topological polar surface area (TPSA) is 47.9 Å². The second-order valence-corrected chi connectivity index (χ2v) is 7.52. The third-order valence-electron chi connectivity index (χ3n) is 5.55. The Morgan fingerprint density at radius 1 is 1.18 bits per heavy atom. The molecule has 1 aromatic rings. The smallest absolute Gasteiger partial charge is 0.357 e. The quantitative estimate of drug-likeness (QED) is 0.629. The van der Waals surface area contributed by atoms with Crippen LogP contribution in [0.4, 0.5) is 13.2 Å². The van der Waals surface area contributed by atoms with Gasteiger partial charge >= 0.3 is 6.18 Å². The number of carbonyl (C=O) groups is 1. The van der Waals surface area contributed by atoms with Crippen molar-refractivity contribution in [3.05, 3.63) is 35.4 Å². The van der Waals surface area contributed by atoms with Crippen LogP contribution in [0.25, 0.3) is 0 Å². The third-order valence-corrected chi connectivity index (χ3v) is 5.55. The van der Waals surface area contributed by atoms with Crippen LogP contribution in [0.15, 0.2) is 29.3 Å². The highest BCUT2D eigenvalue weighted by atomic mass is 19.4. The Labute approximate surface area is 163 Å². The maximum Gasteiger partial charge on any atom is 0.416 e. The number of nitrogens with zero attached hydrogens (tertiary/aromatic N) is 3. The van der Waals surface area contributed by atoms with E-state index in [4.69, 9.17) is 4.99 Å². The van der Waals surface area contributed by atoms with E-state index in [1.54, 1.807) is 13.0 Å². The normalized spacial score (nSPS) is 19.5. The summed E-state index contributed by atoms with van der Waals surface area (Å²) in [6, 6.07) is 5.63. The highest BCUT2D eigenvalue weighted by molar-refractivity contribution is 5.80. The van der Waals surface area contributed by atoms with Gasteiger partial charge in [-0.3, -0.25) is 9.79 Å². The first-order chi connectivity index (χ1) is 13.2. The SMILES string of the molecule is CCNC(=NCC1(c2cccc(C(F)(F)F)c2)CC1)N1CCN(C(C)=O)CC1. The standard InChI is InChI=1S/C20H27F3N4O/c1-3-24-18(27-11-9-26(10-12-27)15(2)28)25-14-19(7-8-19)16-5-4-6-17(13-16)20(21,22)23/h4-6,13H,3,7-12,14H2,1-2H3,(H,24,25). The number of alkyl halides is 3. The van der Waals surface area contributed by atoms with Crippen molar-refractivity contribution >= 4 is 11.9 Å². The molecule has 1 aromatic carbocycles. The van der Waals surface area contributed by atoms with Crippen LogP contribution in [0.3, 0.4) is 0 Å². The molecule has 1 saturated carbocycles. The number of nitrogens with one attached hydrogen (secondary N) is 1. The number of guanidine groups is 1. The third kappa shape index (κ3) is 4.59. The lowest BCUT2D eigenvalue weighted by molar-refractivity contribution is -0.137. The number of halogens is 3. The van der Waals surface area contributed by atoms with E-state index in [-0.39, 0.29) is 11.3 Å². The first-order valence-electron chi connectivity index (χ1n) is 9.72. The largest absolute Gasteiger partial charge is 0.416 e. The maximum atomic E-state index is 13.1. The molecule has 0 bridgehead atoms. The lowest BCUT2D eigenvalue weighted by atomic mass is 9.94. The van der Waals surface area contributed by atoms with Gasteiger partial charge in [0.15, 0.2) is 5.96 Å². The van der Waals surface area contributed by atoms with Crippen LogP contribution in [-0.2, 0) is 16.4 Å². The molecule has 0 aromatic heterocycles. The van der Waals surface area contributed by atoms with Crippen molar-refractivity contribution < 1.29 is 18.0 Å². The van der Waals surface area contributed by atoms with Crippen molar-refractivity contribution in [2.24, 2.45) is 4.99 Å². The number of rotatable bonds is 4. The van der Waals surface area contributed by atoms with E-state index in [1.807, 2.05) is 11.8 Å². The van der Waals surface area contributed by atoms with Crippen molar-refractivity contribution in [1.82, 2.24) is 15.1 Å². The first-order valence-corrected chi connectivity index (χ1v) is 9.72. The highest BCUT2D eigenvalue weighted by Gasteiger charge is 2.45. The summed E-state index contributed by atoms with van der Waals surface area (Å²) in [4.78, 5) is 20.2. The molecule has 1 amide bonds. The fraction of sp³-hybridized carbons (Fsp3) is 0.600. The monoisotopic (exact) mass is 396 g/mol. The zero-order chi connectivity index (χ0) is 20.4. The van der Waals surface area contributed by atoms with Crippen LogP contribution in [-0.4, -0.2) is 60.9 Å². The Kier molecular flexibility index (Phi) is 5.86. The summed E-state index contributed by atoms with van der Waals surface area (Å²) in [5, 5.41) is 3.28. The molecule has 1 heterocycles. The van der Waals surface area contributed by atoms with Gasteiger partial charge in [0, 0.05) is 45.1 Å². The second-order valence-electron chi connectivity index (χ2n) is 7.52. The van der Waals surface area contributed by atoms with Gasteiger partial charge in [-0.25, -0.2) is 0 Å². The lowest BCUT2D eigenvalue weighted by Gasteiger charge is -2.36. The van der Waals surface area contributed by atoms with Crippen molar-refractivity contribution in [2.45, 2.75) is 38.3 Å². The van der Waals surface area contributed by atoms with Crippen LogP contribution < -0.4 is 5.32 Å². The van der Waals surface area contributed by atoms with E-state index in [1.165, 1.54) is 12.1 Å². The molecule has 5 nitrogen and oxygen atoms in total. The first kappa shape index (κ1) is 20.5. The average molecular weight is 396 g/mol. The van der Waals surface area contributed by atoms with Gasteiger partial charge in [0.25, 0.3) is 0 Å². The molecular weight excluding hydrogens is 369 g/mol. The van der Waals surface area contributed by atoms with Gasteiger partial charge in [0.05, 0.1) is 12.1 Å². The van der Waals surface area contributed by atoms with Gasteiger partial charge in [0.1, 0.15) is 0 Å². The number of hydrogen-bond acceptors (Lipinski definition) is 2. The van der Waals surface area contributed by atoms with E-state index < -0.39 is 11.7 Å². The van der Waals surface area contributed by atoms with Gasteiger partial charge in [-0.15, -0.1) is 0 Å². The number of carbonyl (C=O) groups excluding carboxylic acids is 1. The van der Waals surface area contributed by atoms with Crippen LogP contribution in [0.2, 0.25) is 0 Å². The Balaban J connectivity index is 1.72. The molecule has 3 rings (SSSR count). The summed E-state index contributed by atoms with van der Waals surface area (Å²) in [5.41, 5.74) is -0.195. The number of hydrogen-bond donors (Lipinski definition) is 1. The summed E-state index contributed by atoms with van der Waals surface area (Å²) >= 11 is 0. The van der Waals surface area contributed by atoms with E-state index in [0.29, 0.717) is 44.8 Å². The molecule has 2 aliphatic rings. The molecule has 8 heteroatoms. The van der Waals surface area contributed by atoms with E-state index in [2.05, 4.69) is 10.2 Å². The highest BCUT2D eigenvalue weighted by Crippen LogP contribution is 2.49. The number of aliphatic imine (C=N–C) groups is 1. The van der Waals surface area contributed by atoms with Crippen molar-refractivity contribution in [1.29, 1.82) is 0 Å². The van der Waals surface area contributed by atoms with Gasteiger partial charge < -0.3 is 15.1 Å². The second kappa shape index (κ2) is 8.01. The maximum absolute atomic E-state index is 13.1. The minimum absolute atomic E-state index is 0.0723. The van der Waals surface area contributed by atoms with Gasteiger partial charge in [-0.1, -0.05) is 18.2 Å². The number of amides is 1. The van der Waals surface area contributed by atoms with E-state index >= 15 is 0 Å². The Morgan fingerprint density at radius 3 is 2.36 bits per heavy atom. The zero-order valence-electron chi connectivity index (χ0n) is 16.4. The van der Waals surface area contributed by atoms with Crippen molar-refractivity contribution in [3.63, 3.8) is 0 Å². The van der Waals surface area contributed by atoms with E-state index in [0.717, 1.165) is 24.9 Å². The molecule has 2 fully saturated rings. The lowest BCUT2D eigenvalue weighted by Crippen LogP contribution is -2.53. The zero-order valence-corrected chi connectivity index (χ0v) is 16.4. The predicted molar refractivity (Wildman–Crippen MR) is 102 cm³/mol. The van der Waals surface area contributed by atoms with Gasteiger partial charge in [-0.05, 0) is 31.4 Å². The predicted octanol–water partition coefficient (Wildman–Crippen LogP) is 2.87. The van der Waals surface area contributed by atoms with Crippen LogP contribution in [0.5, 0.6) is 0 Å². The molecule has 0 radical (unpaired) electrons. The molecule has 0 spiro atoms. The Morgan fingerprint density at radius 2 is 1.82 bits per heavy atom. The molecule has 0 unspecified atom stereocenters. The summed E-state index contributed by atoms with van der Waals surface area (Å²) in [6.45, 7) is 7.43. The number of piperazine rings is 1. The van der Waals surface area contributed by atoms with Crippen molar-refractivity contribution in [2.75, 3.05) is 39.3 Å². The molecule has 1 aliphatic carbocycles. The van der Waals surface area contributed by atoms with Gasteiger partial charge in [0.2, 0.25) is 5.91 Å². The van der Waals surface area contributed by atoms with Crippen LogP contribution in [0.1, 0.15) is 37.8 Å². The molecule has 1 saturated heterocycles. The summed E-state index contributed by atoms with van der Waals surface area (Å²) in [5.74, 6) is 0.840. The average Bonchev–Trinajstić information content (AvgIpc) is 3.46. The summed E-state index contributed by atoms with van der Waals surface area (Å²) < 4.78 is 39.2. The number of benzene rings is 1. The molecule has 28 heavy (non-hydrogen) atoms. The van der Waals surface area contributed by atoms with Crippen molar-refractivity contribution in [3.8, 4) is 0 Å². The molecule has 154 valence electrons. The van der Waals surface area contributed by atoms with Crippen LogP contribution in [0, 0.1) is 0 Å². The molecule has 1 N–H and O–H groups in total. The molecule has 0 atom stereocenters. The Bertz CT molecular complexity index is 735. The minimum Gasteiger partial charge on any atom is -0.357 e. The fourth-order valence-corrected chi connectivity index (χ4v) is 3.60. The minimum atomic E-state index is -4.33. The Hall–Kier alpha value is -2.25. The summed E-state index contributed by atoms with van der Waals surface area (Å²) in [6.07, 6.45) is -2.65. The van der Waals surface area contributed by atoms with Crippen LogP contribution >= 0.6 is 0 Å². The van der Waals surface area contributed by atoms with Gasteiger partial charge in [-0.2, -0.15) is 13.2 Å². The summed E-state index contributed by atoms with van der Waals surface area (Å²) in [7, 11) is 0. The molecular formula is C20H27F3N4O.